The molecule has 0 radical (unpaired) electrons. The number of hydrogen-bond acceptors (Lipinski definition) is 5. The van der Waals surface area contributed by atoms with Crippen molar-refractivity contribution in [3.8, 4) is 11.3 Å². The van der Waals surface area contributed by atoms with E-state index in [2.05, 4.69) is 17.0 Å². The van der Waals surface area contributed by atoms with Gasteiger partial charge in [0.15, 0.2) is 0 Å². The van der Waals surface area contributed by atoms with Gasteiger partial charge in [0.05, 0.1) is 16.2 Å². The molecule has 1 aromatic heterocycles. The molecule has 1 unspecified atom stereocenters. The highest BCUT2D eigenvalue weighted by molar-refractivity contribution is 6.02. The van der Waals surface area contributed by atoms with Gasteiger partial charge in [0, 0.05) is 48.7 Å². The van der Waals surface area contributed by atoms with Crippen LogP contribution in [0.25, 0.3) is 11.3 Å². The predicted octanol–water partition coefficient (Wildman–Crippen LogP) is 3.75. The maximum Gasteiger partial charge on any atom is 0.269 e. The van der Waals surface area contributed by atoms with Gasteiger partial charge in [-0.3, -0.25) is 19.6 Å². The van der Waals surface area contributed by atoms with Gasteiger partial charge in [0.2, 0.25) is 0 Å². The number of amides is 1. The number of aromatic nitrogens is 2. The zero-order valence-corrected chi connectivity index (χ0v) is 15.8. The van der Waals surface area contributed by atoms with Crippen LogP contribution in [-0.4, -0.2) is 32.1 Å². The van der Waals surface area contributed by atoms with Crippen LogP contribution in [0.5, 0.6) is 0 Å². The van der Waals surface area contributed by atoms with E-state index in [-0.39, 0.29) is 11.6 Å². The molecule has 3 aromatic rings. The minimum absolute atomic E-state index is 0.0133. The number of non-ortho nitro benzene ring substituents is 1. The molecule has 2 heterocycles. The molecule has 1 N–H and O–H groups in total. The molecule has 0 aliphatic carbocycles. The van der Waals surface area contributed by atoms with Gasteiger partial charge in [0.1, 0.15) is 6.17 Å². The van der Waals surface area contributed by atoms with Crippen LogP contribution in [0.4, 0.5) is 11.4 Å². The van der Waals surface area contributed by atoms with Crippen LogP contribution in [0.1, 0.15) is 22.1 Å². The number of nitro benzene ring substituents is 1. The van der Waals surface area contributed by atoms with Crippen LogP contribution in [0, 0.1) is 10.1 Å². The van der Waals surface area contributed by atoms with Crippen LogP contribution in [-0.2, 0) is 7.05 Å². The molecule has 0 bridgehead atoms. The van der Waals surface area contributed by atoms with Gasteiger partial charge < -0.3 is 10.2 Å². The smallest absolute Gasteiger partial charge is 0.269 e. The van der Waals surface area contributed by atoms with Crippen molar-refractivity contribution in [2.24, 2.45) is 7.05 Å². The number of nitro groups is 1. The Morgan fingerprint density at radius 1 is 1.24 bits per heavy atom. The standard InChI is InChI=1S/C21H19N5O3/c1-3-12-25-20(22-18-7-5-4-6-16(18)21(25)27)17-13-24(2)23-19(17)14-8-10-15(11-9-14)26(28)29/h3-11,13,20,22H,1,12H2,2H3. The van der Waals surface area contributed by atoms with Gasteiger partial charge in [-0.1, -0.05) is 18.2 Å². The number of aryl methyl sites for hydroxylation is 1. The summed E-state index contributed by atoms with van der Waals surface area (Å²) in [6.07, 6.45) is 3.09. The summed E-state index contributed by atoms with van der Waals surface area (Å²) in [5.74, 6) is -0.0947. The number of carbonyl (C=O) groups is 1. The SMILES string of the molecule is C=CCN1C(=O)c2ccccc2NC1c1cn(C)nc1-c1ccc([N+](=O)[O-])cc1. The van der Waals surface area contributed by atoms with E-state index in [1.54, 1.807) is 40.9 Å². The number of benzene rings is 2. The van der Waals surface area contributed by atoms with Gasteiger partial charge in [-0.25, -0.2) is 0 Å². The first-order valence-corrected chi connectivity index (χ1v) is 9.05. The lowest BCUT2D eigenvalue weighted by Gasteiger charge is -2.37. The van der Waals surface area contributed by atoms with Crippen LogP contribution in [0.15, 0.2) is 67.4 Å². The van der Waals surface area contributed by atoms with E-state index < -0.39 is 11.1 Å². The number of nitrogens with zero attached hydrogens (tertiary/aromatic N) is 4. The average molecular weight is 389 g/mol. The largest absolute Gasteiger partial charge is 0.361 e. The number of para-hydroxylation sites is 1. The van der Waals surface area contributed by atoms with Crippen molar-refractivity contribution in [3.63, 3.8) is 0 Å². The maximum atomic E-state index is 13.1. The molecule has 1 aliphatic heterocycles. The van der Waals surface area contributed by atoms with Crippen molar-refractivity contribution < 1.29 is 9.72 Å². The second-order valence-electron chi connectivity index (χ2n) is 6.75. The first-order chi connectivity index (χ1) is 14.0. The van der Waals surface area contributed by atoms with Crippen LogP contribution < -0.4 is 5.32 Å². The van der Waals surface area contributed by atoms with E-state index >= 15 is 0 Å². The molecular weight excluding hydrogens is 370 g/mol. The number of anilines is 1. The summed E-state index contributed by atoms with van der Waals surface area (Å²) in [5.41, 5.74) is 3.55. The summed E-state index contributed by atoms with van der Waals surface area (Å²) in [6, 6.07) is 13.6. The lowest BCUT2D eigenvalue weighted by Crippen LogP contribution is -2.43. The molecule has 0 fully saturated rings. The number of fused-ring (bicyclic) bond motifs is 1. The third-order valence-corrected chi connectivity index (χ3v) is 4.85. The molecule has 4 rings (SSSR count). The molecule has 2 aromatic carbocycles. The van der Waals surface area contributed by atoms with Gasteiger partial charge in [-0.15, -0.1) is 6.58 Å². The van der Waals surface area contributed by atoms with Crippen LogP contribution in [0.3, 0.4) is 0 Å². The van der Waals surface area contributed by atoms with Crippen molar-refractivity contribution in [1.82, 2.24) is 14.7 Å². The Morgan fingerprint density at radius 2 is 1.97 bits per heavy atom. The molecule has 1 aliphatic rings. The van der Waals surface area contributed by atoms with Crippen molar-refractivity contribution >= 4 is 17.3 Å². The van der Waals surface area contributed by atoms with Crippen molar-refractivity contribution in [2.45, 2.75) is 6.17 Å². The quantitative estimate of drug-likeness (QED) is 0.407. The Balaban J connectivity index is 1.80. The van der Waals surface area contributed by atoms with E-state index in [4.69, 9.17) is 0 Å². The normalized spacial score (nSPS) is 15.6. The summed E-state index contributed by atoms with van der Waals surface area (Å²) >= 11 is 0. The summed E-state index contributed by atoms with van der Waals surface area (Å²) in [5, 5.41) is 18.9. The monoisotopic (exact) mass is 389 g/mol. The Bertz CT molecular complexity index is 1100. The van der Waals surface area contributed by atoms with Gasteiger partial charge >= 0.3 is 0 Å². The predicted molar refractivity (Wildman–Crippen MR) is 109 cm³/mol. The molecular formula is C21H19N5O3. The average Bonchev–Trinajstić information content (AvgIpc) is 3.11. The van der Waals surface area contributed by atoms with Crippen molar-refractivity contribution in [2.75, 3.05) is 11.9 Å². The number of rotatable bonds is 5. The summed E-state index contributed by atoms with van der Waals surface area (Å²) in [7, 11) is 1.80. The number of carbonyl (C=O) groups excluding carboxylic acids is 1. The molecule has 8 nitrogen and oxygen atoms in total. The zero-order chi connectivity index (χ0) is 20.5. The second kappa shape index (κ2) is 7.23. The summed E-state index contributed by atoms with van der Waals surface area (Å²) in [4.78, 5) is 25.3. The van der Waals surface area contributed by atoms with Gasteiger partial charge in [0.25, 0.3) is 11.6 Å². The molecule has 8 heteroatoms. The maximum absolute atomic E-state index is 13.1. The molecule has 0 saturated heterocycles. The van der Waals surface area contributed by atoms with E-state index in [0.717, 1.165) is 16.8 Å². The molecule has 0 spiro atoms. The first kappa shape index (κ1) is 18.4. The van der Waals surface area contributed by atoms with Crippen LogP contribution >= 0.6 is 0 Å². The second-order valence-corrected chi connectivity index (χ2v) is 6.75. The van der Waals surface area contributed by atoms with E-state index in [1.165, 1.54) is 12.1 Å². The van der Waals surface area contributed by atoms with Gasteiger partial charge in [-0.05, 0) is 24.3 Å². The molecule has 1 amide bonds. The Hall–Kier alpha value is -3.94. The number of nitrogens with one attached hydrogen (secondary N) is 1. The zero-order valence-electron chi connectivity index (χ0n) is 15.8. The third kappa shape index (κ3) is 3.25. The van der Waals surface area contributed by atoms with E-state index in [9.17, 15) is 14.9 Å². The fraction of sp³-hybridized carbons (Fsp3) is 0.143. The summed E-state index contributed by atoms with van der Waals surface area (Å²) in [6.45, 7) is 4.14. The fourth-order valence-corrected chi connectivity index (χ4v) is 3.54. The molecule has 1 atom stereocenters. The Kier molecular flexibility index (Phi) is 4.59. The third-order valence-electron chi connectivity index (χ3n) is 4.85. The Morgan fingerprint density at radius 3 is 2.66 bits per heavy atom. The van der Waals surface area contributed by atoms with Crippen molar-refractivity contribution in [1.29, 1.82) is 0 Å². The highest BCUT2D eigenvalue weighted by Crippen LogP contribution is 2.37. The molecule has 146 valence electrons. The highest BCUT2D eigenvalue weighted by atomic mass is 16.6. The summed E-state index contributed by atoms with van der Waals surface area (Å²) < 4.78 is 1.67. The van der Waals surface area contributed by atoms with E-state index in [1.807, 2.05) is 24.4 Å². The number of hydrogen-bond donors (Lipinski definition) is 1. The fourth-order valence-electron chi connectivity index (χ4n) is 3.54. The lowest BCUT2D eigenvalue weighted by molar-refractivity contribution is -0.384. The van der Waals surface area contributed by atoms with E-state index in [0.29, 0.717) is 17.8 Å². The van der Waals surface area contributed by atoms with Crippen LogP contribution in [0.2, 0.25) is 0 Å². The molecule has 29 heavy (non-hydrogen) atoms. The molecule has 0 saturated carbocycles. The Labute approximate surface area is 167 Å². The minimum atomic E-state index is -0.450. The highest BCUT2D eigenvalue weighted by Gasteiger charge is 2.34. The van der Waals surface area contributed by atoms with Gasteiger partial charge in [-0.2, -0.15) is 5.10 Å². The lowest BCUT2D eigenvalue weighted by atomic mass is 10.0. The van der Waals surface area contributed by atoms with Crippen molar-refractivity contribution in [3.05, 3.63) is 88.6 Å². The minimum Gasteiger partial charge on any atom is -0.361 e. The first-order valence-electron chi connectivity index (χ1n) is 9.05. The topological polar surface area (TPSA) is 93.3 Å².